The van der Waals surface area contributed by atoms with E-state index in [-0.39, 0.29) is 17.9 Å². The van der Waals surface area contributed by atoms with E-state index in [9.17, 15) is 13.2 Å². The number of methoxy groups -OCH3 is 1. The van der Waals surface area contributed by atoms with Crippen molar-refractivity contribution in [2.45, 2.75) is 51.5 Å². The molecule has 1 aliphatic heterocycles. The van der Waals surface area contributed by atoms with Crippen molar-refractivity contribution in [2.75, 3.05) is 26.8 Å². The van der Waals surface area contributed by atoms with Crippen LogP contribution >= 0.6 is 0 Å². The van der Waals surface area contributed by atoms with E-state index in [1.54, 1.807) is 7.11 Å². The molecular formula is C19H30N2O4S. The molecule has 2 rings (SSSR count). The highest BCUT2D eigenvalue weighted by Gasteiger charge is 2.33. The summed E-state index contributed by atoms with van der Waals surface area (Å²) in [4.78, 5) is 12.7. The predicted molar refractivity (Wildman–Crippen MR) is 102 cm³/mol. The first-order chi connectivity index (χ1) is 12.2. The third-order valence-corrected chi connectivity index (χ3v) is 7.04. The van der Waals surface area contributed by atoms with Crippen LogP contribution in [0.2, 0.25) is 0 Å². The number of piperidine rings is 1. The number of carbonyl (C=O) groups excluding carboxylic acids is 1. The van der Waals surface area contributed by atoms with Crippen LogP contribution in [0.4, 0.5) is 0 Å². The van der Waals surface area contributed by atoms with E-state index in [2.05, 4.69) is 5.32 Å². The largest absolute Gasteiger partial charge is 0.383 e. The van der Waals surface area contributed by atoms with Crippen LogP contribution in [0, 0.1) is 26.7 Å². The Hall–Kier alpha value is -1.44. The molecule has 0 radical (unpaired) electrons. The summed E-state index contributed by atoms with van der Waals surface area (Å²) in [6.07, 6.45) is 1.07. The fourth-order valence-electron chi connectivity index (χ4n) is 3.71. The van der Waals surface area contributed by atoms with Crippen molar-refractivity contribution in [3.8, 4) is 0 Å². The van der Waals surface area contributed by atoms with E-state index in [0.29, 0.717) is 37.4 Å². The Labute approximate surface area is 157 Å². The smallest absolute Gasteiger partial charge is 0.243 e. The summed E-state index contributed by atoms with van der Waals surface area (Å²) < 4.78 is 32.7. The van der Waals surface area contributed by atoms with E-state index in [1.165, 1.54) is 4.31 Å². The number of ether oxygens (including phenoxy) is 1. The van der Waals surface area contributed by atoms with Crippen molar-refractivity contribution in [1.29, 1.82) is 0 Å². The molecule has 1 fully saturated rings. The van der Waals surface area contributed by atoms with Gasteiger partial charge in [0, 0.05) is 32.2 Å². The number of sulfonamides is 1. The van der Waals surface area contributed by atoms with E-state index in [0.717, 1.165) is 16.7 Å². The van der Waals surface area contributed by atoms with Gasteiger partial charge in [-0.1, -0.05) is 17.7 Å². The Morgan fingerprint density at radius 3 is 2.27 bits per heavy atom. The number of benzene rings is 1. The monoisotopic (exact) mass is 382 g/mol. The van der Waals surface area contributed by atoms with Gasteiger partial charge in [0.1, 0.15) is 0 Å². The molecule has 7 heteroatoms. The van der Waals surface area contributed by atoms with E-state index in [1.807, 2.05) is 39.8 Å². The maximum atomic E-state index is 13.1. The van der Waals surface area contributed by atoms with Crippen LogP contribution in [-0.2, 0) is 19.6 Å². The lowest BCUT2D eigenvalue weighted by Crippen LogP contribution is -2.45. The molecule has 1 aliphatic rings. The van der Waals surface area contributed by atoms with Crippen molar-refractivity contribution < 1.29 is 17.9 Å². The fraction of sp³-hybridized carbons (Fsp3) is 0.632. The average Bonchev–Trinajstić information content (AvgIpc) is 2.53. The molecule has 1 atom stereocenters. The molecule has 0 spiro atoms. The third kappa shape index (κ3) is 4.64. The molecule has 0 bridgehead atoms. The molecule has 0 aliphatic carbocycles. The number of rotatable bonds is 6. The van der Waals surface area contributed by atoms with Gasteiger partial charge in [0.15, 0.2) is 0 Å². The van der Waals surface area contributed by atoms with E-state index >= 15 is 0 Å². The van der Waals surface area contributed by atoms with Crippen molar-refractivity contribution in [3.63, 3.8) is 0 Å². The Balaban J connectivity index is 2.06. The van der Waals surface area contributed by atoms with Gasteiger partial charge in [-0.15, -0.1) is 0 Å². The average molecular weight is 383 g/mol. The second kappa shape index (κ2) is 8.50. The topological polar surface area (TPSA) is 75.7 Å². The molecule has 0 saturated carbocycles. The van der Waals surface area contributed by atoms with Crippen molar-refractivity contribution in [3.05, 3.63) is 28.8 Å². The summed E-state index contributed by atoms with van der Waals surface area (Å²) in [5, 5.41) is 2.93. The van der Waals surface area contributed by atoms with Crippen LogP contribution in [-0.4, -0.2) is 51.5 Å². The molecule has 146 valence electrons. The van der Waals surface area contributed by atoms with Gasteiger partial charge >= 0.3 is 0 Å². The summed E-state index contributed by atoms with van der Waals surface area (Å²) in [5.41, 5.74) is 2.60. The molecule has 0 aromatic heterocycles. The SMILES string of the molecule is COC[C@H](C)NC(=O)C1CCN(S(=O)(=O)c2c(C)cc(C)cc2C)CC1. The van der Waals surface area contributed by atoms with Crippen molar-refractivity contribution >= 4 is 15.9 Å². The molecule has 0 unspecified atom stereocenters. The van der Waals surface area contributed by atoms with Crippen molar-refractivity contribution in [2.24, 2.45) is 5.92 Å². The molecule has 6 nitrogen and oxygen atoms in total. The highest BCUT2D eigenvalue weighted by molar-refractivity contribution is 7.89. The van der Waals surface area contributed by atoms with Gasteiger partial charge in [0.25, 0.3) is 0 Å². The number of aryl methyl sites for hydroxylation is 3. The zero-order chi connectivity index (χ0) is 19.5. The standard InChI is InChI=1S/C19H30N2O4S/c1-13-10-14(2)18(15(3)11-13)26(23,24)21-8-6-17(7-9-21)19(22)20-16(4)12-25-5/h10-11,16-17H,6-9,12H2,1-5H3,(H,20,22)/t16-/m0/s1. The minimum Gasteiger partial charge on any atom is -0.383 e. The van der Waals surface area contributed by atoms with Crippen LogP contribution in [0.1, 0.15) is 36.5 Å². The Morgan fingerprint density at radius 1 is 1.23 bits per heavy atom. The quantitative estimate of drug-likeness (QED) is 0.818. The number of amides is 1. The minimum absolute atomic E-state index is 0.0192. The number of nitrogens with zero attached hydrogens (tertiary/aromatic N) is 1. The second-order valence-electron chi connectivity index (χ2n) is 7.27. The lowest BCUT2D eigenvalue weighted by Gasteiger charge is -2.32. The Kier molecular flexibility index (Phi) is 6.82. The minimum atomic E-state index is -3.54. The van der Waals surface area contributed by atoms with E-state index < -0.39 is 10.0 Å². The summed E-state index contributed by atoms with van der Waals surface area (Å²) in [6.45, 7) is 8.73. The van der Waals surface area contributed by atoms with Gasteiger partial charge in [0.05, 0.1) is 11.5 Å². The lowest BCUT2D eigenvalue weighted by atomic mass is 9.97. The fourth-order valence-corrected chi connectivity index (χ4v) is 5.59. The number of nitrogens with one attached hydrogen (secondary N) is 1. The summed E-state index contributed by atoms with van der Waals surface area (Å²) in [6, 6.07) is 3.75. The third-order valence-electron chi connectivity index (χ3n) is 4.83. The lowest BCUT2D eigenvalue weighted by molar-refractivity contribution is -0.127. The van der Waals surface area contributed by atoms with Crippen LogP contribution in [0.15, 0.2) is 17.0 Å². The summed E-state index contributed by atoms with van der Waals surface area (Å²) >= 11 is 0. The van der Waals surface area contributed by atoms with Crippen molar-refractivity contribution in [1.82, 2.24) is 9.62 Å². The first-order valence-electron chi connectivity index (χ1n) is 9.04. The molecule has 26 heavy (non-hydrogen) atoms. The van der Waals surface area contributed by atoms with E-state index in [4.69, 9.17) is 4.74 Å². The van der Waals surface area contributed by atoms with Gasteiger partial charge in [-0.05, 0) is 51.7 Å². The van der Waals surface area contributed by atoms with Gasteiger partial charge in [-0.2, -0.15) is 4.31 Å². The normalized spacial score (nSPS) is 17.9. The van der Waals surface area contributed by atoms with Gasteiger partial charge in [-0.3, -0.25) is 4.79 Å². The first-order valence-corrected chi connectivity index (χ1v) is 10.5. The Bertz CT molecular complexity index is 730. The molecule has 1 aromatic carbocycles. The maximum Gasteiger partial charge on any atom is 0.243 e. The molecular weight excluding hydrogens is 352 g/mol. The highest BCUT2D eigenvalue weighted by Crippen LogP contribution is 2.28. The molecule has 1 aromatic rings. The number of hydrogen-bond acceptors (Lipinski definition) is 4. The van der Waals surface area contributed by atoms with Gasteiger partial charge in [-0.25, -0.2) is 8.42 Å². The summed E-state index contributed by atoms with van der Waals surface area (Å²) in [5.74, 6) is -0.171. The second-order valence-corrected chi connectivity index (χ2v) is 9.15. The predicted octanol–water partition coefficient (Wildman–Crippen LogP) is 2.16. The highest BCUT2D eigenvalue weighted by atomic mass is 32.2. The number of carbonyl (C=O) groups is 1. The van der Waals surface area contributed by atoms with Gasteiger partial charge < -0.3 is 10.1 Å². The van der Waals surface area contributed by atoms with Crippen LogP contribution < -0.4 is 5.32 Å². The molecule has 1 amide bonds. The van der Waals surface area contributed by atoms with Crippen LogP contribution in [0.3, 0.4) is 0 Å². The first kappa shape index (κ1) is 20.9. The van der Waals surface area contributed by atoms with Crippen LogP contribution in [0.5, 0.6) is 0 Å². The van der Waals surface area contributed by atoms with Crippen LogP contribution in [0.25, 0.3) is 0 Å². The van der Waals surface area contributed by atoms with Gasteiger partial charge in [0.2, 0.25) is 15.9 Å². The summed E-state index contributed by atoms with van der Waals surface area (Å²) in [7, 11) is -1.94. The zero-order valence-electron chi connectivity index (χ0n) is 16.3. The number of hydrogen-bond donors (Lipinski definition) is 1. The Morgan fingerprint density at radius 2 is 1.77 bits per heavy atom. The zero-order valence-corrected chi connectivity index (χ0v) is 17.1. The molecule has 1 N–H and O–H groups in total. The molecule has 1 heterocycles. The molecule has 1 saturated heterocycles. The maximum absolute atomic E-state index is 13.1.